The lowest BCUT2D eigenvalue weighted by Gasteiger charge is -2.38. The number of likely N-dealkylation sites (tertiary alicyclic amines) is 1. The molecule has 11 heteroatoms. The number of carbonyl (C=O) groups is 1. The van der Waals surface area contributed by atoms with E-state index in [0.717, 1.165) is 25.9 Å². The Morgan fingerprint density at radius 2 is 1.76 bits per heavy atom. The molecule has 2 aliphatic rings. The van der Waals surface area contributed by atoms with Crippen molar-refractivity contribution in [1.82, 2.24) is 14.7 Å². The molecule has 1 N–H and O–H groups in total. The number of nitrogens with one attached hydrogen (secondary N) is 1. The zero-order chi connectivity index (χ0) is 27.3. The average molecular weight is 552 g/mol. The minimum Gasteiger partial charge on any atom is -0.311 e. The molecule has 1 saturated heterocycles. The number of alkyl halides is 2. The first-order valence-electron chi connectivity index (χ1n) is 13.5. The average Bonchev–Trinajstić information content (AvgIpc) is 3.28. The van der Waals surface area contributed by atoms with Gasteiger partial charge in [-0.2, -0.15) is 5.10 Å². The van der Waals surface area contributed by atoms with E-state index in [1.165, 1.54) is 4.31 Å². The zero-order valence-corrected chi connectivity index (χ0v) is 23.0. The first-order chi connectivity index (χ1) is 18.0. The van der Waals surface area contributed by atoms with Crippen LogP contribution in [-0.4, -0.2) is 66.4 Å². The molecule has 0 spiro atoms. The molecule has 0 bridgehead atoms. The maximum Gasteiger partial charge on any atom is 0.248 e. The fraction of sp³-hybridized carbons (Fsp3) is 0.630. The van der Waals surface area contributed by atoms with Crippen LogP contribution >= 0.6 is 0 Å². The SMILES string of the molecule is C[C@H](CN(c1ccccc1)S(=O)(=O)CC1CCC(F)(F)CC1)N1CCC(CC(=O)Nc2ccnn2C)CC1. The van der Waals surface area contributed by atoms with Gasteiger partial charge in [-0.15, -0.1) is 0 Å². The number of piperidine rings is 1. The summed E-state index contributed by atoms with van der Waals surface area (Å²) in [4.78, 5) is 14.8. The Morgan fingerprint density at radius 3 is 2.37 bits per heavy atom. The maximum absolute atomic E-state index is 13.6. The van der Waals surface area contributed by atoms with Crippen molar-refractivity contribution in [2.24, 2.45) is 18.9 Å². The highest BCUT2D eigenvalue weighted by atomic mass is 32.2. The van der Waals surface area contributed by atoms with Crippen LogP contribution in [0.5, 0.6) is 0 Å². The van der Waals surface area contributed by atoms with E-state index in [0.29, 0.717) is 24.5 Å². The van der Waals surface area contributed by atoms with Crippen LogP contribution in [0.3, 0.4) is 0 Å². The molecule has 1 amide bonds. The van der Waals surface area contributed by atoms with Crippen LogP contribution in [0.1, 0.15) is 51.9 Å². The van der Waals surface area contributed by atoms with Gasteiger partial charge in [-0.3, -0.25) is 18.7 Å². The van der Waals surface area contributed by atoms with Crippen LogP contribution in [0.25, 0.3) is 0 Å². The third-order valence-electron chi connectivity index (χ3n) is 7.93. The molecule has 38 heavy (non-hydrogen) atoms. The Balaban J connectivity index is 1.34. The van der Waals surface area contributed by atoms with E-state index in [9.17, 15) is 22.0 Å². The van der Waals surface area contributed by atoms with Gasteiger partial charge in [-0.05, 0) is 69.7 Å². The number of halogens is 2. The number of benzene rings is 1. The van der Waals surface area contributed by atoms with Gasteiger partial charge in [0.25, 0.3) is 0 Å². The molecule has 1 aliphatic heterocycles. The number of nitrogens with zero attached hydrogens (tertiary/aromatic N) is 4. The molecule has 1 saturated carbocycles. The van der Waals surface area contributed by atoms with Gasteiger partial charge in [0, 0.05) is 45.0 Å². The Labute approximate surface area is 224 Å². The van der Waals surface area contributed by atoms with Gasteiger partial charge in [0.2, 0.25) is 21.9 Å². The number of para-hydroxylation sites is 1. The second kappa shape index (κ2) is 12.1. The van der Waals surface area contributed by atoms with Crippen molar-refractivity contribution in [3.63, 3.8) is 0 Å². The number of hydrogen-bond acceptors (Lipinski definition) is 5. The summed E-state index contributed by atoms with van der Waals surface area (Å²) in [6.45, 7) is 3.89. The molecular formula is C27H39F2N5O3S. The van der Waals surface area contributed by atoms with Crippen LogP contribution in [0, 0.1) is 11.8 Å². The Bertz CT molecular complexity index is 1160. The largest absolute Gasteiger partial charge is 0.311 e. The number of sulfonamides is 1. The Hall–Kier alpha value is -2.53. The van der Waals surface area contributed by atoms with Crippen LogP contribution in [0.4, 0.5) is 20.3 Å². The van der Waals surface area contributed by atoms with Gasteiger partial charge in [0.15, 0.2) is 0 Å². The van der Waals surface area contributed by atoms with E-state index in [1.807, 2.05) is 25.1 Å². The highest BCUT2D eigenvalue weighted by Gasteiger charge is 2.38. The highest BCUT2D eigenvalue weighted by molar-refractivity contribution is 7.92. The molecule has 4 rings (SSSR count). The summed E-state index contributed by atoms with van der Waals surface area (Å²) in [5.74, 6) is -2.13. The van der Waals surface area contributed by atoms with Crippen molar-refractivity contribution in [1.29, 1.82) is 0 Å². The second-order valence-electron chi connectivity index (χ2n) is 10.9. The lowest BCUT2D eigenvalue weighted by molar-refractivity contribution is -0.117. The molecular weight excluding hydrogens is 512 g/mol. The van der Waals surface area contributed by atoms with Crippen molar-refractivity contribution in [3.05, 3.63) is 42.6 Å². The summed E-state index contributed by atoms with van der Waals surface area (Å²) in [5.41, 5.74) is 0.599. The number of carbonyl (C=O) groups excluding carboxylic acids is 1. The molecule has 2 fully saturated rings. The van der Waals surface area contributed by atoms with Gasteiger partial charge >= 0.3 is 0 Å². The molecule has 1 aliphatic carbocycles. The van der Waals surface area contributed by atoms with E-state index >= 15 is 0 Å². The van der Waals surface area contributed by atoms with E-state index in [2.05, 4.69) is 15.3 Å². The highest BCUT2D eigenvalue weighted by Crippen LogP contribution is 2.37. The van der Waals surface area contributed by atoms with Gasteiger partial charge in [0.05, 0.1) is 17.6 Å². The fourth-order valence-electron chi connectivity index (χ4n) is 5.53. The quantitative estimate of drug-likeness (QED) is 0.470. The monoisotopic (exact) mass is 551 g/mol. The molecule has 1 aromatic carbocycles. The second-order valence-corrected chi connectivity index (χ2v) is 12.8. The van der Waals surface area contributed by atoms with E-state index < -0.39 is 15.9 Å². The van der Waals surface area contributed by atoms with Crippen molar-refractivity contribution in [2.75, 3.05) is 35.0 Å². The Kier molecular flexibility index (Phi) is 9.07. The van der Waals surface area contributed by atoms with Crippen LogP contribution in [0.2, 0.25) is 0 Å². The van der Waals surface area contributed by atoms with Crippen LogP contribution in [0.15, 0.2) is 42.6 Å². The third kappa shape index (κ3) is 7.53. The molecule has 1 aromatic heterocycles. The van der Waals surface area contributed by atoms with E-state index in [4.69, 9.17) is 0 Å². The summed E-state index contributed by atoms with van der Waals surface area (Å²) in [6.07, 6.45) is 3.77. The number of aromatic nitrogens is 2. The number of rotatable bonds is 10. The van der Waals surface area contributed by atoms with E-state index in [-0.39, 0.29) is 55.2 Å². The first-order valence-corrected chi connectivity index (χ1v) is 15.1. The van der Waals surface area contributed by atoms with Gasteiger partial charge in [-0.1, -0.05) is 18.2 Å². The summed E-state index contributed by atoms with van der Waals surface area (Å²) < 4.78 is 57.5. The Morgan fingerprint density at radius 1 is 1.11 bits per heavy atom. The molecule has 0 unspecified atom stereocenters. The number of amides is 1. The predicted molar refractivity (Wildman–Crippen MR) is 145 cm³/mol. The minimum atomic E-state index is -3.70. The molecule has 1 atom stereocenters. The molecule has 0 radical (unpaired) electrons. The van der Waals surface area contributed by atoms with Gasteiger partial charge in [-0.25, -0.2) is 17.2 Å². The lowest BCUT2D eigenvalue weighted by Crippen LogP contribution is -2.48. The number of anilines is 2. The van der Waals surface area contributed by atoms with Gasteiger partial charge < -0.3 is 5.32 Å². The maximum atomic E-state index is 13.6. The van der Waals surface area contributed by atoms with Crippen molar-refractivity contribution >= 4 is 27.4 Å². The summed E-state index contributed by atoms with van der Waals surface area (Å²) >= 11 is 0. The molecule has 8 nitrogen and oxygen atoms in total. The smallest absolute Gasteiger partial charge is 0.248 e. The number of aryl methyl sites for hydroxylation is 1. The van der Waals surface area contributed by atoms with E-state index in [1.54, 1.807) is 36.1 Å². The zero-order valence-electron chi connectivity index (χ0n) is 22.2. The molecule has 2 heterocycles. The summed E-state index contributed by atoms with van der Waals surface area (Å²) in [5, 5.41) is 6.97. The van der Waals surface area contributed by atoms with Crippen molar-refractivity contribution < 1.29 is 22.0 Å². The topological polar surface area (TPSA) is 87.5 Å². The molecule has 210 valence electrons. The van der Waals surface area contributed by atoms with Crippen molar-refractivity contribution in [2.45, 2.75) is 63.8 Å². The normalized spacial score (nSPS) is 20.2. The summed E-state index contributed by atoms with van der Waals surface area (Å²) in [7, 11) is -1.92. The standard InChI is InChI=1S/C27H39F2N5O3S/c1-21(33-16-11-22(12-17-33)18-26(35)31-25-10-15-30-32(25)2)19-34(24-6-4-3-5-7-24)38(36,37)20-23-8-13-27(28,29)14-9-23/h3-7,10,15,21-23H,8-9,11-14,16-20H2,1-2H3,(H,31,35)/t21-/m1/s1. The molecule has 2 aromatic rings. The summed E-state index contributed by atoms with van der Waals surface area (Å²) in [6, 6.07) is 10.8. The number of hydrogen-bond donors (Lipinski definition) is 1. The first kappa shape index (κ1) is 28.5. The van der Waals surface area contributed by atoms with Crippen LogP contribution in [-0.2, 0) is 21.9 Å². The van der Waals surface area contributed by atoms with Crippen molar-refractivity contribution in [3.8, 4) is 0 Å². The fourth-order valence-corrected chi connectivity index (χ4v) is 7.53. The third-order valence-corrected chi connectivity index (χ3v) is 9.85. The minimum absolute atomic E-state index is 0.0260. The van der Waals surface area contributed by atoms with Crippen LogP contribution < -0.4 is 9.62 Å². The predicted octanol–water partition coefficient (Wildman–Crippen LogP) is 4.51. The lowest BCUT2D eigenvalue weighted by atomic mass is 9.88. The van der Waals surface area contributed by atoms with Gasteiger partial charge in [0.1, 0.15) is 5.82 Å².